The third-order valence-electron chi connectivity index (χ3n) is 1.85. The SMILES string of the molecule is CC(=O)c1cc(N)cc(C)c1C#N. The standard InChI is InChI=1S/C10H10N2O/c1-6-3-8(12)4-9(7(2)13)10(6)5-11/h3-4H,12H2,1-2H3. The van der Waals surface area contributed by atoms with Crippen LogP contribution >= 0.6 is 0 Å². The molecule has 0 aromatic heterocycles. The van der Waals surface area contributed by atoms with E-state index >= 15 is 0 Å². The van der Waals surface area contributed by atoms with Gasteiger partial charge in [-0.3, -0.25) is 4.79 Å². The van der Waals surface area contributed by atoms with E-state index in [-0.39, 0.29) is 5.78 Å². The molecule has 3 heteroatoms. The number of carbonyl (C=O) groups is 1. The van der Waals surface area contributed by atoms with E-state index in [2.05, 4.69) is 0 Å². The van der Waals surface area contributed by atoms with Crippen LogP contribution in [-0.2, 0) is 0 Å². The Labute approximate surface area is 76.8 Å². The molecule has 0 aliphatic rings. The minimum atomic E-state index is -0.132. The molecule has 1 rings (SSSR count). The lowest BCUT2D eigenvalue weighted by molar-refractivity contribution is 0.101. The second-order valence-electron chi connectivity index (χ2n) is 2.93. The van der Waals surface area contributed by atoms with Gasteiger partial charge in [0.1, 0.15) is 6.07 Å². The number of hydrogen-bond donors (Lipinski definition) is 1. The van der Waals surface area contributed by atoms with Crippen molar-refractivity contribution in [3.63, 3.8) is 0 Å². The second kappa shape index (κ2) is 3.28. The quantitative estimate of drug-likeness (QED) is 0.520. The van der Waals surface area contributed by atoms with Crippen molar-refractivity contribution in [2.75, 3.05) is 5.73 Å². The number of benzene rings is 1. The lowest BCUT2D eigenvalue weighted by Gasteiger charge is -2.04. The fraction of sp³-hybridized carbons (Fsp3) is 0.200. The molecule has 0 spiro atoms. The molecule has 0 unspecified atom stereocenters. The van der Waals surface area contributed by atoms with Crippen molar-refractivity contribution >= 4 is 11.5 Å². The Morgan fingerprint density at radius 3 is 2.62 bits per heavy atom. The van der Waals surface area contributed by atoms with Crippen LogP contribution in [0.1, 0.15) is 28.4 Å². The summed E-state index contributed by atoms with van der Waals surface area (Å²) < 4.78 is 0. The summed E-state index contributed by atoms with van der Waals surface area (Å²) in [4.78, 5) is 11.1. The average Bonchev–Trinajstić information content (AvgIpc) is 2.02. The van der Waals surface area contributed by atoms with Crippen molar-refractivity contribution < 1.29 is 4.79 Å². The number of Topliss-reactive ketones (excluding diaryl/α,β-unsaturated/α-hetero) is 1. The largest absolute Gasteiger partial charge is 0.399 e. The molecule has 1 aromatic carbocycles. The Morgan fingerprint density at radius 2 is 2.15 bits per heavy atom. The second-order valence-corrected chi connectivity index (χ2v) is 2.93. The summed E-state index contributed by atoms with van der Waals surface area (Å²) in [5.74, 6) is -0.132. The lowest BCUT2D eigenvalue weighted by Crippen LogP contribution is -2.01. The summed E-state index contributed by atoms with van der Waals surface area (Å²) in [5, 5.41) is 8.80. The molecule has 0 radical (unpaired) electrons. The average molecular weight is 174 g/mol. The van der Waals surface area contributed by atoms with E-state index in [4.69, 9.17) is 11.0 Å². The summed E-state index contributed by atoms with van der Waals surface area (Å²) in [6.07, 6.45) is 0. The van der Waals surface area contributed by atoms with Crippen molar-refractivity contribution in [2.45, 2.75) is 13.8 Å². The molecule has 0 aliphatic heterocycles. The Balaban J connectivity index is 3.50. The molecular formula is C10H10N2O. The van der Waals surface area contributed by atoms with Gasteiger partial charge < -0.3 is 5.73 Å². The zero-order chi connectivity index (χ0) is 10.0. The zero-order valence-electron chi connectivity index (χ0n) is 7.59. The number of nitrogen functional groups attached to an aromatic ring is 1. The van der Waals surface area contributed by atoms with E-state index in [0.717, 1.165) is 5.56 Å². The first-order chi connectivity index (χ1) is 6.06. The van der Waals surface area contributed by atoms with Crippen LogP contribution in [0, 0.1) is 18.3 Å². The maximum Gasteiger partial charge on any atom is 0.161 e. The molecule has 66 valence electrons. The number of anilines is 1. The van der Waals surface area contributed by atoms with Gasteiger partial charge in [0.25, 0.3) is 0 Å². The minimum absolute atomic E-state index is 0.132. The van der Waals surface area contributed by atoms with E-state index < -0.39 is 0 Å². The zero-order valence-corrected chi connectivity index (χ0v) is 7.59. The molecule has 0 fully saturated rings. The van der Waals surface area contributed by atoms with E-state index in [9.17, 15) is 4.79 Å². The molecule has 2 N–H and O–H groups in total. The molecule has 0 bridgehead atoms. The molecule has 0 aliphatic carbocycles. The van der Waals surface area contributed by atoms with Crippen molar-refractivity contribution in [2.24, 2.45) is 0 Å². The summed E-state index contributed by atoms with van der Waals surface area (Å²) in [6, 6.07) is 5.22. The Hall–Kier alpha value is -1.82. The van der Waals surface area contributed by atoms with Gasteiger partial charge in [0.15, 0.2) is 5.78 Å². The Morgan fingerprint density at radius 1 is 1.54 bits per heavy atom. The third-order valence-corrected chi connectivity index (χ3v) is 1.85. The van der Waals surface area contributed by atoms with Crippen LogP contribution in [0.25, 0.3) is 0 Å². The summed E-state index contributed by atoms with van der Waals surface area (Å²) in [5.41, 5.74) is 7.64. The number of nitrogens with zero attached hydrogens (tertiary/aromatic N) is 1. The van der Waals surface area contributed by atoms with Gasteiger partial charge in [0, 0.05) is 11.3 Å². The number of hydrogen-bond acceptors (Lipinski definition) is 3. The molecule has 0 saturated heterocycles. The third kappa shape index (κ3) is 1.67. The summed E-state index contributed by atoms with van der Waals surface area (Å²) in [7, 11) is 0. The lowest BCUT2D eigenvalue weighted by atomic mass is 9.99. The molecule has 1 aromatic rings. The van der Waals surface area contributed by atoms with Gasteiger partial charge in [-0.25, -0.2) is 0 Å². The van der Waals surface area contributed by atoms with Crippen molar-refractivity contribution in [3.05, 3.63) is 28.8 Å². The molecule has 3 nitrogen and oxygen atoms in total. The molecule has 13 heavy (non-hydrogen) atoms. The van der Waals surface area contributed by atoms with Gasteiger partial charge in [0.05, 0.1) is 5.56 Å². The van der Waals surface area contributed by atoms with Crippen molar-refractivity contribution in [1.29, 1.82) is 5.26 Å². The van der Waals surface area contributed by atoms with Crippen LogP contribution < -0.4 is 5.73 Å². The number of rotatable bonds is 1. The number of carbonyl (C=O) groups excluding carboxylic acids is 1. The first-order valence-corrected chi connectivity index (χ1v) is 3.87. The van der Waals surface area contributed by atoms with Gasteiger partial charge in [-0.15, -0.1) is 0 Å². The van der Waals surface area contributed by atoms with Gasteiger partial charge in [-0.05, 0) is 31.5 Å². The molecule has 0 atom stereocenters. The summed E-state index contributed by atoms with van der Waals surface area (Å²) in [6.45, 7) is 3.19. The van der Waals surface area contributed by atoms with Crippen LogP contribution in [-0.4, -0.2) is 5.78 Å². The van der Waals surface area contributed by atoms with Crippen LogP contribution in [0.4, 0.5) is 5.69 Å². The highest BCUT2D eigenvalue weighted by Crippen LogP contribution is 2.18. The molecule has 0 amide bonds. The highest BCUT2D eigenvalue weighted by atomic mass is 16.1. The molecule has 0 saturated carbocycles. The van der Waals surface area contributed by atoms with E-state index in [1.54, 1.807) is 13.0 Å². The van der Waals surface area contributed by atoms with Crippen LogP contribution in [0.3, 0.4) is 0 Å². The first kappa shape index (κ1) is 9.27. The van der Waals surface area contributed by atoms with E-state index in [0.29, 0.717) is 16.8 Å². The summed E-state index contributed by atoms with van der Waals surface area (Å²) >= 11 is 0. The predicted molar refractivity (Wildman–Crippen MR) is 50.3 cm³/mol. The smallest absolute Gasteiger partial charge is 0.161 e. The topological polar surface area (TPSA) is 66.9 Å². The number of ketones is 1. The number of nitrogens with two attached hydrogens (primary N) is 1. The molecular weight excluding hydrogens is 164 g/mol. The molecule has 0 heterocycles. The van der Waals surface area contributed by atoms with Crippen LogP contribution in [0.15, 0.2) is 12.1 Å². The van der Waals surface area contributed by atoms with Crippen LogP contribution in [0.2, 0.25) is 0 Å². The highest BCUT2D eigenvalue weighted by molar-refractivity contribution is 5.97. The van der Waals surface area contributed by atoms with Crippen molar-refractivity contribution in [1.82, 2.24) is 0 Å². The van der Waals surface area contributed by atoms with Crippen molar-refractivity contribution in [3.8, 4) is 6.07 Å². The Bertz CT molecular complexity index is 402. The monoisotopic (exact) mass is 174 g/mol. The van der Waals surface area contributed by atoms with Gasteiger partial charge in [0.2, 0.25) is 0 Å². The van der Waals surface area contributed by atoms with Crippen LogP contribution in [0.5, 0.6) is 0 Å². The maximum absolute atomic E-state index is 11.1. The fourth-order valence-electron chi connectivity index (χ4n) is 1.24. The maximum atomic E-state index is 11.1. The van der Waals surface area contributed by atoms with Gasteiger partial charge in [-0.2, -0.15) is 5.26 Å². The predicted octanol–water partition coefficient (Wildman–Crippen LogP) is 1.65. The Kier molecular flexibility index (Phi) is 2.34. The normalized spacial score (nSPS) is 9.31. The fourth-order valence-corrected chi connectivity index (χ4v) is 1.24. The van der Waals surface area contributed by atoms with Gasteiger partial charge in [-0.1, -0.05) is 0 Å². The van der Waals surface area contributed by atoms with E-state index in [1.165, 1.54) is 13.0 Å². The van der Waals surface area contributed by atoms with Gasteiger partial charge >= 0.3 is 0 Å². The number of aryl methyl sites for hydroxylation is 1. The first-order valence-electron chi connectivity index (χ1n) is 3.87. The minimum Gasteiger partial charge on any atom is -0.399 e. The highest BCUT2D eigenvalue weighted by Gasteiger charge is 2.10. The number of nitriles is 1. The van der Waals surface area contributed by atoms with E-state index in [1.807, 2.05) is 6.07 Å².